The number of rotatable bonds is 8. The van der Waals surface area contributed by atoms with E-state index in [1.807, 2.05) is 30.3 Å². The van der Waals surface area contributed by atoms with E-state index in [1.165, 1.54) is 9.96 Å². The monoisotopic (exact) mass is 512 g/mol. The number of benzene rings is 1. The molecule has 4 aromatic rings. The number of halogens is 1. The Morgan fingerprint density at radius 1 is 1.12 bits per heavy atom. The van der Waals surface area contributed by atoms with Crippen molar-refractivity contribution in [3.05, 3.63) is 86.6 Å². The van der Waals surface area contributed by atoms with Gasteiger partial charge in [-0.05, 0) is 54.1 Å². The van der Waals surface area contributed by atoms with Gasteiger partial charge in [0.15, 0.2) is 11.0 Å². The van der Waals surface area contributed by atoms with Crippen molar-refractivity contribution in [2.45, 2.75) is 36.8 Å². The average Bonchev–Trinajstić information content (AvgIpc) is 3.16. The first-order valence-electron chi connectivity index (χ1n) is 10.4. The number of pyridine rings is 1. The van der Waals surface area contributed by atoms with Crippen molar-refractivity contribution in [2.75, 3.05) is 14.1 Å². The highest BCUT2D eigenvalue weighted by Gasteiger charge is 2.22. The quantitative estimate of drug-likeness (QED) is 0.326. The summed E-state index contributed by atoms with van der Waals surface area (Å²) in [4.78, 5) is 19.4. The largest absolute Gasteiger partial charge is 0.300 e. The summed E-state index contributed by atoms with van der Waals surface area (Å²) in [5.41, 5.74) is 2.44. The molecule has 1 aromatic carbocycles. The summed E-state index contributed by atoms with van der Waals surface area (Å²) in [5.74, 6) is 1.48. The average molecular weight is 513 g/mol. The first-order chi connectivity index (χ1) is 15.5. The molecule has 0 fully saturated rings. The maximum absolute atomic E-state index is 12.5. The minimum Gasteiger partial charge on any atom is -0.300 e. The number of thioether (sulfide) groups is 1. The Bertz CT molecular complexity index is 1270. The van der Waals surface area contributed by atoms with Crippen LogP contribution in [0.3, 0.4) is 0 Å². The standard InChI is InChI=1S/C23H25BrN6OS/c1-4-19(28(2)3)22-26-27-23(30(22)13-16-8-6-5-7-9-16)32-15-18-12-21(31)29-14-17(24)10-11-20(29)25-18/h5-12,14,19H,4,13,15H2,1-3H3/t19-/m1/s1. The molecule has 9 heteroatoms. The van der Waals surface area contributed by atoms with Crippen LogP contribution in [-0.2, 0) is 12.3 Å². The molecule has 0 aliphatic heterocycles. The van der Waals surface area contributed by atoms with Gasteiger partial charge in [-0.15, -0.1) is 10.2 Å². The summed E-state index contributed by atoms with van der Waals surface area (Å²) in [6.45, 7) is 2.85. The van der Waals surface area contributed by atoms with Gasteiger partial charge in [-0.1, -0.05) is 49.0 Å². The fraction of sp³-hybridized carbons (Fsp3) is 0.304. The smallest absolute Gasteiger partial charge is 0.258 e. The van der Waals surface area contributed by atoms with E-state index in [0.717, 1.165) is 27.6 Å². The van der Waals surface area contributed by atoms with Crippen LogP contribution in [0.25, 0.3) is 5.65 Å². The normalized spacial score (nSPS) is 12.5. The molecule has 0 saturated carbocycles. The van der Waals surface area contributed by atoms with E-state index in [4.69, 9.17) is 0 Å². The van der Waals surface area contributed by atoms with Crippen molar-refractivity contribution in [2.24, 2.45) is 0 Å². The van der Waals surface area contributed by atoms with Crippen molar-refractivity contribution in [1.82, 2.24) is 29.0 Å². The molecule has 3 heterocycles. The Morgan fingerprint density at radius 3 is 2.62 bits per heavy atom. The summed E-state index contributed by atoms with van der Waals surface area (Å²) in [7, 11) is 4.13. The van der Waals surface area contributed by atoms with Gasteiger partial charge in [0.25, 0.3) is 5.56 Å². The van der Waals surface area contributed by atoms with Gasteiger partial charge in [-0.3, -0.25) is 14.1 Å². The maximum atomic E-state index is 12.5. The van der Waals surface area contributed by atoms with Crippen molar-refractivity contribution < 1.29 is 0 Å². The van der Waals surface area contributed by atoms with Gasteiger partial charge in [-0.2, -0.15) is 0 Å². The molecule has 0 aliphatic carbocycles. The minimum atomic E-state index is -0.100. The molecule has 0 bridgehead atoms. The Balaban J connectivity index is 1.64. The predicted octanol–water partition coefficient (Wildman–Crippen LogP) is 4.40. The molecule has 0 radical (unpaired) electrons. The SMILES string of the molecule is CC[C@H](c1nnc(SCc2cc(=O)n3cc(Br)ccc3n2)n1Cc1ccccc1)N(C)C. The molecule has 32 heavy (non-hydrogen) atoms. The van der Waals surface area contributed by atoms with Crippen LogP contribution in [-0.4, -0.2) is 43.1 Å². The fourth-order valence-corrected chi connectivity index (χ4v) is 4.86. The van der Waals surface area contributed by atoms with Crippen LogP contribution in [0.15, 0.2) is 69.2 Å². The van der Waals surface area contributed by atoms with E-state index < -0.39 is 0 Å². The fourth-order valence-electron chi connectivity index (χ4n) is 3.69. The highest BCUT2D eigenvalue weighted by Crippen LogP contribution is 2.27. The third-order valence-corrected chi connectivity index (χ3v) is 6.73. The molecule has 0 amide bonds. The Kier molecular flexibility index (Phi) is 7.07. The van der Waals surface area contributed by atoms with E-state index >= 15 is 0 Å². The third-order valence-electron chi connectivity index (χ3n) is 5.26. The molecular weight excluding hydrogens is 488 g/mol. The second-order valence-electron chi connectivity index (χ2n) is 7.75. The Labute approximate surface area is 199 Å². The first-order valence-corrected chi connectivity index (χ1v) is 12.2. The Morgan fingerprint density at radius 2 is 1.91 bits per heavy atom. The molecule has 7 nitrogen and oxygen atoms in total. The van der Waals surface area contributed by atoms with Crippen LogP contribution < -0.4 is 5.56 Å². The lowest BCUT2D eigenvalue weighted by Gasteiger charge is -2.23. The van der Waals surface area contributed by atoms with Crippen LogP contribution >= 0.6 is 27.7 Å². The minimum absolute atomic E-state index is 0.100. The van der Waals surface area contributed by atoms with Crippen molar-refractivity contribution in [3.8, 4) is 0 Å². The van der Waals surface area contributed by atoms with E-state index in [9.17, 15) is 4.79 Å². The summed E-state index contributed by atoms with van der Waals surface area (Å²) < 4.78 is 4.56. The van der Waals surface area contributed by atoms with Gasteiger partial charge in [0.05, 0.1) is 18.3 Å². The van der Waals surface area contributed by atoms with E-state index in [2.05, 4.69) is 73.7 Å². The van der Waals surface area contributed by atoms with Crippen LogP contribution in [0.5, 0.6) is 0 Å². The maximum Gasteiger partial charge on any atom is 0.258 e. The van der Waals surface area contributed by atoms with E-state index in [-0.39, 0.29) is 11.6 Å². The van der Waals surface area contributed by atoms with Gasteiger partial charge in [0.2, 0.25) is 0 Å². The molecule has 3 aromatic heterocycles. The number of fused-ring (bicyclic) bond motifs is 1. The van der Waals surface area contributed by atoms with Gasteiger partial charge in [0, 0.05) is 22.5 Å². The predicted molar refractivity (Wildman–Crippen MR) is 131 cm³/mol. The van der Waals surface area contributed by atoms with Crippen molar-refractivity contribution in [3.63, 3.8) is 0 Å². The van der Waals surface area contributed by atoms with Crippen LogP contribution in [0.1, 0.15) is 36.5 Å². The molecule has 0 aliphatic rings. The number of nitrogens with zero attached hydrogens (tertiary/aromatic N) is 6. The van der Waals surface area contributed by atoms with Crippen molar-refractivity contribution >= 4 is 33.3 Å². The van der Waals surface area contributed by atoms with Crippen LogP contribution in [0, 0.1) is 0 Å². The van der Waals surface area contributed by atoms with Gasteiger partial charge < -0.3 is 4.57 Å². The molecule has 0 spiro atoms. The lowest BCUT2D eigenvalue weighted by atomic mass is 10.2. The lowest BCUT2D eigenvalue weighted by molar-refractivity contribution is 0.272. The summed E-state index contributed by atoms with van der Waals surface area (Å²) in [6.07, 6.45) is 2.67. The Hall–Kier alpha value is -2.49. The van der Waals surface area contributed by atoms with Crippen LogP contribution in [0.2, 0.25) is 0 Å². The zero-order valence-electron chi connectivity index (χ0n) is 18.3. The molecule has 0 saturated heterocycles. The van der Waals surface area contributed by atoms with Gasteiger partial charge >= 0.3 is 0 Å². The number of hydrogen-bond acceptors (Lipinski definition) is 6. The zero-order chi connectivity index (χ0) is 22.7. The second kappa shape index (κ2) is 9.97. The van der Waals surface area contributed by atoms with E-state index in [0.29, 0.717) is 17.9 Å². The molecule has 166 valence electrons. The highest BCUT2D eigenvalue weighted by atomic mass is 79.9. The number of hydrogen-bond donors (Lipinski definition) is 0. The summed E-state index contributed by atoms with van der Waals surface area (Å²) in [6, 6.07) is 15.8. The third kappa shape index (κ3) is 4.95. The van der Waals surface area contributed by atoms with Crippen molar-refractivity contribution in [1.29, 1.82) is 0 Å². The van der Waals surface area contributed by atoms with E-state index in [1.54, 1.807) is 24.0 Å². The van der Waals surface area contributed by atoms with Gasteiger partial charge in [0.1, 0.15) is 5.65 Å². The molecular formula is C23H25BrN6OS. The topological polar surface area (TPSA) is 68.3 Å². The molecule has 0 N–H and O–H groups in total. The second-order valence-corrected chi connectivity index (χ2v) is 9.61. The molecule has 0 unspecified atom stereocenters. The summed E-state index contributed by atoms with van der Waals surface area (Å²) >= 11 is 4.95. The van der Waals surface area contributed by atoms with Crippen LogP contribution in [0.4, 0.5) is 0 Å². The van der Waals surface area contributed by atoms with Gasteiger partial charge in [-0.25, -0.2) is 4.98 Å². The lowest BCUT2D eigenvalue weighted by Crippen LogP contribution is -2.23. The highest BCUT2D eigenvalue weighted by molar-refractivity contribution is 9.10. The summed E-state index contributed by atoms with van der Waals surface area (Å²) in [5, 5.41) is 9.88. The molecule has 4 rings (SSSR count). The number of aromatic nitrogens is 5. The zero-order valence-corrected chi connectivity index (χ0v) is 20.7. The first kappa shape index (κ1) is 22.7. The molecule has 1 atom stereocenters.